The van der Waals surface area contributed by atoms with Gasteiger partial charge in [0.25, 0.3) is 5.91 Å². The quantitative estimate of drug-likeness (QED) is 0.299. The van der Waals surface area contributed by atoms with Crippen molar-refractivity contribution in [2.24, 2.45) is 10.8 Å². The molecule has 28 heavy (non-hydrogen) atoms. The number of nitrogens with one attached hydrogen (secondary N) is 2. The molecule has 0 heterocycles. The summed E-state index contributed by atoms with van der Waals surface area (Å²) in [4.78, 5) is 12.0. The van der Waals surface area contributed by atoms with Gasteiger partial charge in [0.15, 0.2) is 23.2 Å². The first-order valence-electron chi connectivity index (χ1n) is 8.39. The molecule has 0 aliphatic heterocycles. The fourth-order valence-electron chi connectivity index (χ4n) is 2.27. The van der Waals surface area contributed by atoms with Crippen LogP contribution in [-0.4, -0.2) is 37.5 Å². The lowest BCUT2D eigenvalue weighted by atomic mass is 10.1. The number of carbonyl (C=O) groups is 1. The molecule has 0 saturated heterocycles. The molecule has 0 aromatic heterocycles. The lowest BCUT2D eigenvalue weighted by Gasteiger charge is -2.13. The minimum atomic E-state index is -0.208. The van der Waals surface area contributed by atoms with E-state index in [1.807, 2.05) is 30.3 Å². The molecule has 2 aromatic carbocycles. The number of halogens is 1. The fraction of sp³-hybridized carbons (Fsp3) is 0.211. The largest absolute Gasteiger partial charge is 0.493 e. The molecule has 0 atom stereocenters. The molecule has 1 amide bonds. The van der Waals surface area contributed by atoms with Crippen molar-refractivity contribution in [1.82, 2.24) is 10.7 Å². The summed E-state index contributed by atoms with van der Waals surface area (Å²) in [5, 5.41) is 6.81. The number of nitrogens with zero attached hydrogens (tertiary/aromatic N) is 1. The van der Waals surface area contributed by atoms with Crippen molar-refractivity contribution >= 4 is 45.4 Å². The third kappa shape index (κ3) is 7.16. The molecule has 0 saturated carbocycles. The molecule has 4 N–H and O–H groups in total. The number of nitrogens with two attached hydrogens (primary N) is 1. The molecule has 0 aliphatic rings. The summed E-state index contributed by atoms with van der Waals surface area (Å²) >= 11 is 8.12. The monoisotopic (exact) mass is 464 g/mol. The van der Waals surface area contributed by atoms with Gasteiger partial charge in [0.1, 0.15) is 0 Å². The summed E-state index contributed by atoms with van der Waals surface area (Å²) in [7, 11) is 1.52. The van der Waals surface area contributed by atoms with Crippen LogP contribution in [0.15, 0.2) is 52.0 Å². The Morgan fingerprint density at radius 2 is 2.04 bits per heavy atom. The number of hydrogen-bond donors (Lipinski definition) is 3. The number of thiocarbonyl (C=S) groups is 1. The highest BCUT2D eigenvalue weighted by atomic mass is 79.9. The van der Waals surface area contributed by atoms with Gasteiger partial charge in [0, 0.05) is 16.6 Å². The Balaban J connectivity index is 1.90. The molecule has 0 aliphatic carbocycles. The van der Waals surface area contributed by atoms with E-state index in [-0.39, 0.29) is 17.6 Å². The Bertz CT molecular complexity index is 847. The predicted octanol–water partition coefficient (Wildman–Crippen LogP) is 2.36. The maximum absolute atomic E-state index is 12.0. The molecule has 7 nitrogen and oxygen atoms in total. The molecular weight excluding hydrogens is 444 g/mol. The van der Waals surface area contributed by atoms with Crippen molar-refractivity contribution < 1.29 is 14.3 Å². The lowest BCUT2D eigenvalue weighted by Crippen LogP contribution is -2.30. The summed E-state index contributed by atoms with van der Waals surface area (Å²) in [6, 6.07) is 13.4. The van der Waals surface area contributed by atoms with Crippen LogP contribution >= 0.6 is 28.1 Å². The zero-order valence-electron chi connectivity index (χ0n) is 15.3. The molecule has 0 unspecified atom stereocenters. The van der Waals surface area contributed by atoms with E-state index >= 15 is 0 Å². The minimum absolute atomic E-state index is 0.0672. The fourth-order valence-corrected chi connectivity index (χ4v) is 2.75. The first kappa shape index (κ1) is 21.6. The number of benzene rings is 2. The number of methoxy groups -OCH3 is 1. The zero-order chi connectivity index (χ0) is 20.4. The van der Waals surface area contributed by atoms with Gasteiger partial charge in [-0.3, -0.25) is 10.2 Å². The SMILES string of the molecule is COc1cc(C=NNC(N)=S)c(Br)cc1OCC(=O)NCCc1ccccc1. The Labute approximate surface area is 177 Å². The van der Waals surface area contributed by atoms with E-state index in [4.69, 9.17) is 15.2 Å². The van der Waals surface area contributed by atoms with Crippen LogP contribution < -0.4 is 25.9 Å². The highest BCUT2D eigenvalue weighted by Gasteiger charge is 2.11. The smallest absolute Gasteiger partial charge is 0.257 e. The maximum atomic E-state index is 12.0. The number of ether oxygens (including phenoxy) is 2. The normalized spacial score (nSPS) is 10.5. The average Bonchev–Trinajstić information content (AvgIpc) is 2.68. The van der Waals surface area contributed by atoms with Crippen molar-refractivity contribution in [3.63, 3.8) is 0 Å². The van der Waals surface area contributed by atoms with Crippen LogP contribution in [0.1, 0.15) is 11.1 Å². The number of carbonyl (C=O) groups excluding carboxylic acids is 1. The molecule has 0 spiro atoms. The van der Waals surface area contributed by atoms with Gasteiger partial charge in [0.2, 0.25) is 0 Å². The van der Waals surface area contributed by atoms with Gasteiger partial charge in [-0.2, -0.15) is 5.10 Å². The van der Waals surface area contributed by atoms with Gasteiger partial charge in [-0.05, 0) is 52.3 Å². The van der Waals surface area contributed by atoms with Crippen LogP contribution in [0.4, 0.5) is 0 Å². The van der Waals surface area contributed by atoms with Crippen molar-refractivity contribution in [2.75, 3.05) is 20.3 Å². The molecule has 148 valence electrons. The van der Waals surface area contributed by atoms with Crippen LogP contribution in [0.2, 0.25) is 0 Å². The van der Waals surface area contributed by atoms with Crippen molar-refractivity contribution in [3.8, 4) is 11.5 Å². The Morgan fingerprint density at radius 3 is 2.71 bits per heavy atom. The first-order chi connectivity index (χ1) is 13.5. The van der Waals surface area contributed by atoms with Crippen LogP contribution in [0.3, 0.4) is 0 Å². The second-order valence-corrected chi connectivity index (χ2v) is 6.93. The van der Waals surface area contributed by atoms with E-state index in [0.717, 1.165) is 17.5 Å². The lowest BCUT2D eigenvalue weighted by molar-refractivity contribution is -0.123. The van der Waals surface area contributed by atoms with E-state index in [2.05, 4.69) is 44.0 Å². The molecule has 0 bridgehead atoms. The average molecular weight is 465 g/mol. The second-order valence-electron chi connectivity index (χ2n) is 5.63. The highest BCUT2D eigenvalue weighted by molar-refractivity contribution is 9.10. The van der Waals surface area contributed by atoms with Gasteiger partial charge in [-0.25, -0.2) is 0 Å². The van der Waals surface area contributed by atoms with Crippen molar-refractivity contribution in [2.45, 2.75) is 6.42 Å². The third-order valence-corrected chi connectivity index (χ3v) is 4.38. The van der Waals surface area contributed by atoms with Crippen LogP contribution in [0, 0.1) is 0 Å². The zero-order valence-corrected chi connectivity index (χ0v) is 17.7. The number of hydrazone groups is 1. The van der Waals surface area contributed by atoms with Gasteiger partial charge >= 0.3 is 0 Å². The number of amides is 1. The summed E-state index contributed by atoms with van der Waals surface area (Å²) in [6.45, 7) is 0.423. The molecule has 2 rings (SSSR count). The summed E-state index contributed by atoms with van der Waals surface area (Å²) in [6.07, 6.45) is 2.29. The molecule has 0 fully saturated rings. The topological polar surface area (TPSA) is 98.0 Å². The standard InChI is InChI=1S/C19H21BrN4O3S/c1-26-16-9-14(11-23-24-19(21)28)15(20)10-17(16)27-12-18(25)22-8-7-13-5-3-2-4-6-13/h2-6,9-11H,7-8,12H2,1H3,(H,22,25)(H3,21,24,28). The van der Waals surface area contributed by atoms with E-state index in [1.54, 1.807) is 12.1 Å². The molecule has 0 radical (unpaired) electrons. The number of hydrogen-bond acceptors (Lipinski definition) is 5. The van der Waals surface area contributed by atoms with E-state index < -0.39 is 0 Å². The van der Waals surface area contributed by atoms with Crippen molar-refractivity contribution in [1.29, 1.82) is 0 Å². The van der Waals surface area contributed by atoms with E-state index in [1.165, 1.54) is 13.3 Å². The maximum Gasteiger partial charge on any atom is 0.257 e. The third-order valence-electron chi connectivity index (χ3n) is 3.60. The predicted molar refractivity (Wildman–Crippen MR) is 117 cm³/mol. The summed E-state index contributed by atoms with van der Waals surface area (Å²) in [5.74, 6) is 0.699. The van der Waals surface area contributed by atoms with Crippen LogP contribution in [0.25, 0.3) is 0 Å². The van der Waals surface area contributed by atoms with Gasteiger partial charge in [-0.1, -0.05) is 30.3 Å². The second kappa shape index (κ2) is 11.3. The van der Waals surface area contributed by atoms with Gasteiger partial charge in [-0.15, -0.1) is 0 Å². The van der Waals surface area contributed by atoms with Gasteiger partial charge < -0.3 is 20.5 Å². The Kier molecular flexibility index (Phi) is 8.70. The van der Waals surface area contributed by atoms with Crippen molar-refractivity contribution in [3.05, 3.63) is 58.1 Å². The molecule has 2 aromatic rings. The Morgan fingerprint density at radius 1 is 1.29 bits per heavy atom. The molecular formula is C19H21BrN4O3S. The molecule has 9 heteroatoms. The summed E-state index contributed by atoms with van der Waals surface area (Å²) in [5.41, 5.74) is 9.69. The van der Waals surface area contributed by atoms with Crippen LogP contribution in [0.5, 0.6) is 11.5 Å². The highest BCUT2D eigenvalue weighted by Crippen LogP contribution is 2.32. The minimum Gasteiger partial charge on any atom is -0.493 e. The summed E-state index contributed by atoms with van der Waals surface area (Å²) < 4.78 is 11.6. The number of rotatable bonds is 9. The van der Waals surface area contributed by atoms with Gasteiger partial charge in [0.05, 0.1) is 13.3 Å². The van der Waals surface area contributed by atoms with E-state index in [9.17, 15) is 4.79 Å². The first-order valence-corrected chi connectivity index (χ1v) is 9.59. The Hall–Kier alpha value is -2.65. The van der Waals surface area contributed by atoms with E-state index in [0.29, 0.717) is 22.5 Å². The van der Waals surface area contributed by atoms with Crippen LogP contribution in [-0.2, 0) is 11.2 Å².